The largest absolute Gasteiger partial charge is 0.308 e. The first kappa shape index (κ1) is 12.8. The highest BCUT2D eigenvalue weighted by Crippen LogP contribution is 2.11. The Labute approximate surface area is 109 Å². The summed E-state index contributed by atoms with van der Waals surface area (Å²) in [7, 11) is 1.96. The van der Waals surface area contributed by atoms with Crippen molar-refractivity contribution in [1.29, 1.82) is 0 Å². The zero-order valence-electron chi connectivity index (χ0n) is 11.6. The fourth-order valence-corrected chi connectivity index (χ4v) is 2.20. The summed E-state index contributed by atoms with van der Waals surface area (Å²) < 4.78 is 1.86. The molecular weight excluding hydrogens is 222 g/mol. The number of benzene rings is 1. The summed E-state index contributed by atoms with van der Waals surface area (Å²) in [4.78, 5) is 0. The average molecular weight is 243 g/mol. The summed E-state index contributed by atoms with van der Waals surface area (Å²) in [6.45, 7) is 8.12. The average Bonchev–Trinajstić information content (AvgIpc) is 2.61. The number of hydrogen-bond donors (Lipinski definition) is 1. The number of aryl methyl sites for hydroxylation is 4. The molecule has 96 valence electrons. The van der Waals surface area contributed by atoms with E-state index in [1.54, 1.807) is 0 Å². The lowest BCUT2D eigenvalue weighted by atomic mass is 10.1. The van der Waals surface area contributed by atoms with E-state index in [2.05, 4.69) is 48.7 Å². The van der Waals surface area contributed by atoms with Crippen LogP contribution < -0.4 is 5.32 Å². The van der Waals surface area contributed by atoms with Crippen LogP contribution in [0.15, 0.2) is 24.4 Å². The Bertz CT molecular complexity index is 541. The van der Waals surface area contributed by atoms with Gasteiger partial charge in [-0.1, -0.05) is 23.8 Å². The quantitative estimate of drug-likeness (QED) is 0.894. The second-order valence-corrected chi connectivity index (χ2v) is 4.95. The third kappa shape index (κ3) is 2.99. The summed E-state index contributed by atoms with van der Waals surface area (Å²) in [6.07, 6.45) is 2.07. The van der Waals surface area contributed by atoms with Crippen LogP contribution in [-0.4, -0.2) is 9.78 Å². The van der Waals surface area contributed by atoms with Gasteiger partial charge in [-0.25, -0.2) is 0 Å². The second-order valence-electron chi connectivity index (χ2n) is 4.95. The van der Waals surface area contributed by atoms with Gasteiger partial charge in [0.05, 0.1) is 5.69 Å². The van der Waals surface area contributed by atoms with Crippen molar-refractivity contribution in [1.82, 2.24) is 15.1 Å². The van der Waals surface area contributed by atoms with E-state index in [0.717, 1.165) is 18.8 Å². The molecule has 0 saturated heterocycles. The number of hydrogen-bond acceptors (Lipinski definition) is 2. The lowest BCUT2D eigenvalue weighted by Gasteiger charge is -2.08. The maximum atomic E-state index is 4.34. The highest BCUT2D eigenvalue weighted by molar-refractivity contribution is 5.30. The minimum absolute atomic E-state index is 0.868. The molecule has 2 aromatic rings. The molecule has 0 fully saturated rings. The molecule has 1 heterocycles. The van der Waals surface area contributed by atoms with Gasteiger partial charge in [0, 0.05) is 31.9 Å². The Balaban J connectivity index is 1.94. The van der Waals surface area contributed by atoms with E-state index in [4.69, 9.17) is 0 Å². The molecule has 0 saturated carbocycles. The molecule has 0 aliphatic carbocycles. The van der Waals surface area contributed by atoms with Gasteiger partial charge in [0.2, 0.25) is 0 Å². The van der Waals surface area contributed by atoms with Gasteiger partial charge in [0.1, 0.15) is 0 Å². The summed E-state index contributed by atoms with van der Waals surface area (Å²) in [5.41, 5.74) is 6.40. The van der Waals surface area contributed by atoms with Crippen LogP contribution in [0.5, 0.6) is 0 Å². The summed E-state index contributed by atoms with van der Waals surface area (Å²) >= 11 is 0. The molecule has 3 heteroatoms. The Morgan fingerprint density at radius 1 is 1.11 bits per heavy atom. The molecule has 1 aromatic heterocycles. The minimum Gasteiger partial charge on any atom is -0.308 e. The third-order valence-corrected chi connectivity index (χ3v) is 3.24. The maximum Gasteiger partial charge on any atom is 0.0638 e. The monoisotopic (exact) mass is 243 g/mol. The number of nitrogens with one attached hydrogen (secondary N) is 1. The smallest absolute Gasteiger partial charge is 0.0638 e. The zero-order chi connectivity index (χ0) is 13.1. The van der Waals surface area contributed by atoms with E-state index in [9.17, 15) is 0 Å². The van der Waals surface area contributed by atoms with Crippen molar-refractivity contribution in [2.75, 3.05) is 0 Å². The van der Waals surface area contributed by atoms with Crippen LogP contribution in [-0.2, 0) is 20.1 Å². The van der Waals surface area contributed by atoms with Crippen molar-refractivity contribution in [3.8, 4) is 0 Å². The van der Waals surface area contributed by atoms with E-state index in [1.165, 1.54) is 22.3 Å². The number of nitrogens with zero attached hydrogens (tertiary/aromatic N) is 2. The van der Waals surface area contributed by atoms with Gasteiger partial charge in [-0.15, -0.1) is 0 Å². The molecule has 0 bridgehead atoms. The van der Waals surface area contributed by atoms with E-state index in [1.807, 2.05) is 18.7 Å². The molecule has 0 radical (unpaired) electrons. The first-order chi connectivity index (χ1) is 8.56. The van der Waals surface area contributed by atoms with Crippen LogP contribution in [0.2, 0.25) is 0 Å². The molecule has 18 heavy (non-hydrogen) atoms. The van der Waals surface area contributed by atoms with Gasteiger partial charge in [-0.2, -0.15) is 5.10 Å². The van der Waals surface area contributed by atoms with Gasteiger partial charge < -0.3 is 5.32 Å². The minimum atomic E-state index is 0.868. The predicted molar refractivity (Wildman–Crippen MR) is 74.4 cm³/mol. The first-order valence-electron chi connectivity index (χ1n) is 6.32. The van der Waals surface area contributed by atoms with E-state index in [-0.39, 0.29) is 0 Å². The molecule has 2 rings (SSSR count). The van der Waals surface area contributed by atoms with E-state index in [0.29, 0.717) is 0 Å². The fraction of sp³-hybridized carbons (Fsp3) is 0.400. The van der Waals surface area contributed by atoms with Crippen LogP contribution in [0.3, 0.4) is 0 Å². The molecule has 3 nitrogen and oxygen atoms in total. The summed E-state index contributed by atoms with van der Waals surface area (Å²) in [5.74, 6) is 0. The third-order valence-electron chi connectivity index (χ3n) is 3.24. The van der Waals surface area contributed by atoms with Crippen molar-refractivity contribution >= 4 is 0 Å². The van der Waals surface area contributed by atoms with Gasteiger partial charge in [0.25, 0.3) is 0 Å². The Hall–Kier alpha value is -1.61. The van der Waals surface area contributed by atoms with Crippen molar-refractivity contribution < 1.29 is 0 Å². The predicted octanol–water partition coefficient (Wildman–Crippen LogP) is 2.64. The van der Waals surface area contributed by atoms with E-state index >= 15 is 0 Å². The first-order valence-corrected chi connectivity index (χ1v) is 6.32. The highest BCUT2D eigenvalue weighted by Gasteiger charge is 2.03. The van der Waals surface area contributed by atoms with Gasteiger partial charge in [-0.05, 0) is 31.9 Å². The van der Waals surface area contributed by atoms with Crippen LogP contribution in [0.1, 0.15) is 27.9 Å². The van der Waals surface area contributed by atoms with E-state index < -0.39 is 0 Å². The molecule has 0 atom stereocenters. The van der Waals surface area contributed by atoms with Crippen LogP contribution in [0.25, 0.3) is 0 Å². The molecule has 0 amide bonds. The van der Waals surface area contributed by atoms with Crippen molar-refractivity contribution in [3.05, 3.63) is 52.3 Å². The summed E-state index contributed by atoms with van der Waals surface area (Å²) in [5, 5.41) is 7.82. The molecule has 1 aromatic carbocycles. The molecular formula is C15H21N3. The Kier molecular flexibility index (Phi) is 3.82. The molecule has 0 aliphatic heterocycles. The standard InChI is InChI=1S/C15H21N3/c1-11-5-6-14(12(2)7-11)8-16-9-15-10-18(4)17-13(15)3/h5-7,10,16H,8-9H2,1-4H3. The molecule has 0 unspecified atom stereocenters. The molecule has 0 aliphatic rings. The van der Waals surface area contributed by atoms with Gasteiger partial charge >= 0.3 is 0 Å². The van der Waals surface area contributed by atoms with Crippen molar-refractivity contribution in [2.45, 2.75) is 33.9 Å². The van der Waals surface area contributed by atoms with Crippen molar-refractivity contribution in [2.24, 2.45) is 7.05 Å². The maximum absolute atomic E-state index is 4.34. The highest BCUT2D eigenvalue weighted by atomic mass is 15.2. The molecule has 0 spiro atoms. The summed E-state index contributed by atoms with van der Waals surface area (Å²) in [6, 6.07) is 6.60. The van der Waals surface area contributed by atoms with Crippen LogP contribution in [0.4, 0.5) is 0 Å². The normalized spacial score (nSPS) is 10.9. The van der Waals surface area contributed by atoms with Gasteiger partial charge in [0.15, 0.2) is 0 Å². The fourth-order valence-electron chi connectivity index (χ4n) is 2.20. The Morgan fingerprint density at radius 2 is 1.83 bits per heavy atom. The SMILES string of the molecule is Cc1ccc(CNCc2cn(C)nc2C)c(C)c1. The van der Waals surface area contributed by atoms with Crippen LogP contribution in [0, 0.1) is 20.8 Å². The number of aromatic nitrogens is 2. The topological polar surface area (TPSA) is 29.9 Å². The molecule has 1 N–H and O–H groups in total. The van der Waals surface area contributed by atoms with Gasteiger partial charge in [-0.3, -0.25) is 4.68 Å². The Morgan fingerprint density at radius 3 is 2.44 bits per heavy atom. The second kappa shape index (κ2) is 5.36. The van der Waals surface area contributed by atoms with Crippen LogP contribution >= 0.6 is 0 Å². The van der Waals surface area contributed by atoms with Crippen molar-refractivity contribution in [3.63, 3.8) is 0 Å². The number of rotatable bonds is 4. The lowest BCUT2D eigenvalue weighted by molar-refractivity contribution is 0.687. The zero-order valence-corrected chi connectivity index (χ0v) is 11.6. The lowest BCUT2D eigenvalue weighted by Crippen LogP contribution is -2.13.